The highest BCUT2D eigenvalue weighted by Gasteiger charge is 2.34. The molecule has 0 spiro atoms. The molecule has 4 rings (SSSR count). The van der Waals surface area contributed by atoms with Gasteiger partial charge in [-0.05, 0) is 49.6 Å². The van der Waals surface area contributed by atoms with Crippen LogP contribution in [0.4, 0.5) is 15.8 Å². The van der Waals surface area contributed by atoms with Gasteiger partial charge >= 0.3 is 0 Å². The number of halogens is 1. The molecule has 124 valence electrons. The molecular weight excluding hydrogens is 303 g/mol. The predicted octanol–water partition coefficient (Wildman–Crippen LogP) is 3.33. The topological polar surface area (TPSA) is 35.2 Å². The summed E-state index contributed by atoms with van der Waals surface area (Å²) in [6, 6.07) is 9.91. The minimum atomic E-state index is -0.195. The van der Waals surface area contributed by atoms with Crippen molar-refractivity contribution in [1.82, 2.24) is 4.57 Å². The molecule has 0 N–H and O–H groups in total. The number of aromatic nitrogens is 1. The second kappa shape index (κ2) is 5.55. The Balaban J connectivity index is 1.68. The summed E-state index contributed by atoms with van der Waals surface area (Å²) < 4.78 is 15.8. The van der Waals surface area contributed by atoms with Crippen molar-refractivity contribution in [3.8, 4) is 6.07 Å². The van der Waals surface area contributed by atoms with E-state index in [1.165, 1.54) is 12.8 Å². The van der Waals surface area contributed by atoms with E-state index in [0.29, 0.717) is 18.3 Å². The van der Waals surface area contributed by atoms with Gasteiger partial charge < -0.3 is 14.4 Å². The van der Waals surface area contributed by atoms with E-state index in [1.807, 2.05) is 30.7 Å². The maximum absolute atomic E-state index is 13.9. The zero-order valence-corrected chi connectivity index (χ0v) is 14.1. The fourth-order valence-electron chi connectivity index (χ4n) is 3.63. The molecular formula is C19H21FN4. The van der Waals surface area contributed by atoms with Crippen LogP contribution in [0.15, 0.2) is 24.3 Å². The molecule has 0 saturated heterocycles. The first-order valence-electron chi connectivity index (χ1n) is 8.45. The molecule has 1 aliphatic heterocycles. The van der Waals surface area contributed by atoms with E-state index >= 15 is 0 Å². The average molecular weight is 324 g/mol. The Morgan fingerprint density at radius 2 is 2.00 bits per heavy atom. The fourth-order valence-corrected chi connectivity index (χ4v) is 3.63. The van der Waals surface area contributed by atoms with Crippen molar-refractivity contribution in [3.05, 3.63) is 47.0 Å². The summed E-state index contributed by atoms with van der Waals surface area (Å²) in [5.74, 6) is -0.195. The van der Waals surface area contributed by atoms with Crippen LogP contribution in [0, 0.1) is 24.1 Å². The third kappa shape index (κ3) is 2.43. The molecule has 24 heavy (non-hydrogen) atoms. The molecule has 0 unspecified atom stereocenters. The van der Waals surface area contributed by atoms with Crippen molar-refractivity contribution in [2.24, 2.45) is 7.05 Å². The highest BCUT2D eigenvalue weighted by molar-refractivity contribution is 5.74. The molecule has 2 aromatic rings. The summed E-state index contributed by atoms with van der Waals surface area (Å²) in [5, 5.41) is 9.22. The Morgan fingerprint density at radius 3 is 2.67 bits per heavy atom. The minimum absolute atomic E-state index is 0.195. The van der Waals surface area contributed by atoms with E-state index in [0.717, 1.165) is 35.7 Å². The molecule has 2 aliphatic rings. The molecule has 5 heteroatoms. The van der Waals surface area contributed by atoms with Gasteiger partial charge in [-0.1, -0.05) is 0 Å². The molecule has 1 aromatic carbocycles. The number of anilines is 2. The lowest BCUT2D eigenvalue weighted by molar-refractivity contribution is 0.621. The summed E-state index contributed by atoms with van der Waals surface area (Å²) in [6.07, 6.45) is 2.47. The van der Waals surface area contributed by atoms with Crippen LogP contribution < -0.4 is 9.80 Å². The average Bonchev–Trinajstić information content (AvgIpc) is 3.38. The van der Waals surface area contributed by atoms with Gasteiger partial charge in [0.15, 0.2) is 0 Å². The third-order valence-corrected chi connectivity index (χ3v) is 5.30. The van der Waals surface area contributed by atoms with Gasteiger partial charge in [0, 0.05) is 38.4 Å². The van der Waals surface area contributed by atoms with Crippen LogP contribution in [0.2, 0.25) is 0 Å². The maximum atomic E-state index is 13.9. The molecule has 1 aromatic heterocycles. The van der Waals surface area contributed by atoms with Crippen LogP contribution in [0.1, 0.15) is 29.8 Å². The Morgan fingerprint density at radius 1 is 1.21 bits per heavy atom. The molecule has 0 atom stereocenters. The Hall–Kier alpha value is -2.48. The molecule has 1 aliphatic carbocycles. The van der Waals surface area contributed by atoms with E-state index in [4.69, 9.17) is 0 Å². The number of nitrogens with zero attached hydrogens (tertiary/aromatic N) is 4. The number of rotatable bonds is 3. The first-order valence-corrected chi connectivity index (χ1v) is 8.45. The van der Waals surface area contributed by atoms with Crippen LogP contribution in [-0.2, 0) is 13.6 Å². The summed E-state index contributed by atoms with van der Waals surface area (Å²) >= 11 is 0. The zero-order valence-electron chi connectivity index (χ0n) is 14.1. The Kier molecular flexibility index (Phi) is 3.49. The lowest BCUT2D eigenvalue weighted by atomic mass is 10.1. The van der Waals surface area contributed by atoms with Crippen LogP contribution in [-0.4, -0.2) is 23.7 Å². The smallest absolute Gasteiger partial charge is 0.125 e. The number of hydrogen-bond acceptors (Lipinski definition) is 3. The second-order valence-electron chi connectivity index (χ2n) is 6.79. The number of fused-ring (bicyclic) bond motifs is 1. The van der Waals surface area contributed by atoms with Gasteiger partial charge in [-0.15, -0.1) is 0 Å². The Bertz CT molecular complexity index is 829. The summed E-state index contributed by atoms with van der Waals surface area (Å²) in [5.41, 5.74) is 4.99. The van der Waals surface area contributed by atoms with Crippen molar-refractivity contribution in [2.75, 3.05) is 22.9 Å². The van der Waals surface area contributed by atoms with Crippen LogP contribution in [0.5, 0.6) is 0 Å². The van der Waals surface area contributed by atoms with Gasteiger partial charge in [0.1, 0.15) is 17.6 Å². The van der Waals surface area contributed by atoms with Crippen LogP contribution in [0.3, 0.4) is 0 Å². The molecule has 1 fully saturated rings. The van der Waals surface area contributed by atoms with Gasteiger partial charge in [-0.2, -0.15) is 5.26 Å². The number of hydrogen-bond donors (Lipinski definition) is 0. The van der Waals surface area contributed by atoms with Crippen molar-refractivity contribution in [2.45, 2.75) is 32.4 Å². The quantitative estimate of drug-likeness (QED) is 0.869. The van der Waals surface area contributed by atoms with E-state index in [9.17, 15) is 9.65 Å². The van der Waals surface area contributed by atoms with E-state index < -0.39 is 0 Å². The Labute approximate surface area is 141 Å². The largest absolute Gasteiger partial charge is 0.365 e. The number of nitriles is 1. The first kappa shape index (κ1) is 15.1. The predicted molar refractivity (Wildman–Crippen MR) is 92.7 cm³/mol. The molecule has 4 nitrogen and oxygen atoms in total. The SMILES string of the molecule is Cc1c(CN2CCN(C3CC3)c3ccc(F)cc32)cc(C#N)n1C. The van der Waals surface area contributed by atoms with Gasteiger partial charge in [0.2, 0.25) is 0 Å². The molecule has 0 bridgehead atoms. The molecule has 2 heterocycles. The van der Waals surface area contributed by atoms with E-state index in [2.05, 4.69) is 15.9 Å². The van der Waals surface area contributed by atoms with Gasteiger partial charge in [-0.25, -0.2) is 4.39 Å². The van der Waals surface area contributed by atoms with Crippen LogP contribution in [0.25, 0.3) is 0 Å². The van der Waals surface area contributed by atoms with E-state index in [1.54, 1.807) is 12.1 Å². The lowest BCUT2D eigenvalue weighted by Gasteiger charge is -2.39. The first-order chi connectivity index (χ1) is 11.6. The summed E-state index contributed by atoms with van der Waals surface area (Å²) in [7, 11) is 1.91. The second-order valence-corrected chi connectivity index (χ2v) is 6.79. The van der Waals surface area contributed by atoms with E-state index in [-0.39, 0.29) is 5.82 Å². The summed E-state index contributed by atoms with van der Waals surface area (Å²) in [4.78, 5) is 4.66. The normalized spacial score (nSPS) is 16.9. The van der Waals surface area contributed by atoms with Crippen molar-refractivity contribution >= 4 is 11.4 Å². The molecule has 1 saturated carbocycles. The highest BCUT2D eigenvalue weighted by Crippen LogP contribution is 2.41. The molecule has 0 radical (unpaired) electrons. The number of benzene rings is 1. The minimum Gasteiger partial charge on any atom is -0.365 e. The van der Waals surface area contributed by atoms with Crippen molar-refractivity contribution < 1.29 is 4.39 Å². The maximum Gasteiger partial charge on any atom is 0.125 e. The zero-order chi connectivity index (χ0) is 16.8. The molecule has 0 amide bonds. The monoisotopic (exact) mass is 324 g/mol. The summed E-state index contributed by atoms with van der Waals surface area (Å²) in [6.45, 7) is 4.59. The van der Waals surface area contributed by atoms with Gasteiger partial charge in [-0.3, -0.25) is 0 Å². The standard InChI is InChI=1S/C19H21FN4/c1-13-14(9-17(11-21)22(13)2)12-23-7-8-24(16-4-5-16)18-6-3-15(20)10-19(18)23/h3,6,9-10,16H,4-5,7-8,12H2,1-2H3. The highest BCUT2D eigenvalue weighted by atomic mass is 19.1. The third-order valence-electron chi connectivity index (χ3n) is 5.30. The van der Waals surface area contributed by atoms with Crippen molar-refractivity contribution in [1.29, 1.82) is 5.26 Å². The van der Waals surface area contributed by atoms with Crippen molar-refractivity contribution in [3.63, 3.8) is 0 Å². The van der Waals surface area contributed by atoms with Gasteiger partial charge in [0.25, 0.3) is 0 Å². The fraction of sp³-hybridized carbons (Fsp3) is 0.421. The lowest BCUT2D eigenvalue weighted by Crippen LogP contribution is -2.42. The van der Waals surface area contributed by atoms with Gasteiger partial charge in [0.05, 0.1) is 11.4 Å². The van der Waals surface area contributed by atoms with Crippen LogP contribution >= 0.6 is 0 Å².